The van der Waals surface area contributed by atoms with Gasteiger partial charge in [-0.05, 0) is 7.05 Å². The third kappa shape index (κ3) is 0.747. The molecule has 0 aromatic rings. The Morgan fingerprint density at radius 3 is 2.43 bits per heavy atom. The molecule has 1 heterocycles. The predicted molar refractivity (Wildman–Crippen MR) is 29.7 cm³/mol. The average Bonchev–Trinajstić information content (AvgIpc) is 2.17. The minimum absolute atomic E-state index is 0.486. The Morgan fingerprint density at radius 2 is 2.43 bits per heavy atom. The summed E-state index contributed by atoms with van der Waals surface area (Å²) >= 11 is 0. The number of nitrogens with two attached hydrogens (primary N) is 1. The van der Waals surface area contributed by atoms with E-state index < -0.39 is 0 Å². The Morgan fingerprint density at radius 1 is 2.00 bits per heavy atom. The van der Waals surface area contributed by atoms with E-state index >= 15 is 0 Å². The molecule has 2 heteroatoms. The Balaban J connectivity index is 2.33. The summed E-state index contributed by atoms with van der Waals surface area (Å²) in [4.78, 5) is 2.14. The van der Waals surface area contributed by atoms with Crippen molar-refractivity contribution in [2.45, 2.75) is 6.04 Å². The molecule has 40 valence electrons. The highest BCUT2D eigenvalue weighted by Gasteiger charge is 2.30. The van der Waals surface area contributed by atoms with Crippen LogP contribution in [-0.2, 0) is 0 Å². The van der Waals surface area contributed by atoms with Crippen molar-refractivity contribution in [1.29, 1.82) is 0 Å². The summed E-state index contributed by atoms with van der Waals surface area (Å²) in [6.07, 6.45) is 0. The van der Waals surface area contributed by atoms with Crippen molar-refractivity contribution >= 4 is 0 Å². The van der Waals surface area contributed by atoms with Crippen molar-refractivity contribution in [1.82, 2.24) is 4.90 Å². The van der Waals surface area contributed by atoms with Gasteiger partial charge < -0.3 is 5.73 Å². The molecule has 0 saturated carbocycles. The molecule has 2 unspecified atom stereocenters. The van der Waals surface area contributed by atoms with Gasteiger partial charge in [-0.1, -0.05) is 6.58 Å². The highest BCUT2D eigenvalue weighted by Crippen LogP contribution is 2.16. The fraction of sp³-hybridized carbons (Fsp3) is 0.600. The molecule has 0 aromatic heterocycles. The molecule has 0 aromatic carbocycles. The van der Waals surface area contributed by atoms with Gasteiger partial charge in [0.1, 0.15) is 0 Å². The fourth-order valence-corrected chi connectivity index (χ4v) is 0.626. The molecule has 0 spiro atoms. The van der Waals surface area contributed by atoms with E-state index in [0.29, 0.717) is 6.04 Å². The summed E-state index contributed by atoms with van der Waals surface area (Å²) in [5.74, 6) is 0. The molecule has 0 bridgehead atoms. The third-order valence-electron chi connectivity index (χ3n) is 1.29. The Labute approximate surface area is 43.6 Å². The molecule has 2 nitrogen and oxygen atoms in total. The Kier molecular flexibility index (Phi) is 0.820. The number of rotatable bonds is 1. The van der Waals surface area contributed by atoms with Crippen LogP contribution in [0.4, 0.5) is 0 Å². The van der Waals surface area contributed by atoms with Crippen LogP contribution in [0.1, 0.15) is 0 Å². The topological polar surface area (TPSA) is 29.0 Å². The summed E-state index contributed by atoms with van der Waals surface area (Å²) in [5, 5.41) is 0. The van der Waals surface area contributed by atoms with Gasteiger partial charge in [-0.15, -0.1) is 0 Å². The first-order valence-electron chi connectivity index (χ1n) is 2.36. The van der Waals surface area contributed by atoms with Crippen molar-refractivity contribution in [3.05, 3.63) is 12.3 Å². The molecule has 0 amide bonds. The Hall–Kier alpha value is -0.500. The van der Waals surface area contributed by atoms with Crippen LogP contribution in [0.5, 0.6) is 0 Å². The highest BCUT2D eigenvalue weighted by atomic mass is 15.3. The molecule has 0 radical (unpaired) electrons. The molecule has 1 aliphatic rings. The summed E-state index contributed by atoms with van der Waals surface area (Å²) in [7, 11) is 2.03. The van der Waals surface area contributed by atoms with E-state index in [4.69, 9.17) is 5.73 Å². The summed E-state index contributed by atoms with van der Waals surface area (Å²) in [5.41, 5.74) is 6.15. The molecule has 7 heavy (non-hydrogen) atoms. The van der Waals surface area contributed by atoms with Crippen molar-refractivity contribution in [2.75, 3.05) is 13.6 Å². The first kappa shape index (κ1) is 4.65. The summed E-state index contributed by atoms with van der Waals surface area (Å²) in [6, 6.07) is 0.486. The molecule has 1 rings (SSSR count). The maximum absolute atomic E-state index is 5.35. The number of nitrogens with zero attached hydrogens (tertiary/aromatic N) is 1. The van der Waals surface area contributed by atoms with Crippen molar-refractivity contribution in [3.8, 4) is 0 Å². The lowest BCUT2D eigenvalue weighted by Crippen LogP contribution is -2.05. The van der Waals surface area contributed by atoms with E-state index in [0.717, 1.165) is 12.2 Å². The van der Waals surface area contributed by atoms with Crippen molar-refractivity contribution < 1.29 is 0 Å². The van der Waals surface area contributed by atoms with Gasteiger partial charge in [0.25, 0.3) is 0 Å². The first-order chi connectivity index (χ1) is 3.22. The number of hydrogen-bond acceptors (Lipinski definition) is 2. The zero-order valence-corrected chi connectivity index (χ0v) is 4.52. The summed E-state index contributed by atoms with van der Waals surface area (Å²) in [6.45, 7) is 4.70. The molecule has 1 fully saturated rings. The van der Waals surface area contributed by atoms with Gasteiger partial charge in [-0.25, -0.2) is 0 Å². The van der Waals surface area contributed by atoms with Gasteiger partial charge in [0.05, 0.1) is 6.04 Å². The summed E-state index contributed by atoms with van der Waals surface area (Å²) < 4.78 is 0. The van der Waals surface area contributed by atoms with E-state index in [1.54, 1.807) is 0 Å². The fourth-order valence-electron chi connectivity index (χ4n) is 0.626. The standard InChI is InChI=1S/C5H10N2/c1-4(6)5-3-7(5)2/h5H,1,3,6H2,2H3. The lowest BCUT2D eigenvalue weighted by atomic mass is 10.4. The molecule has 2 N–H and O–H groups in total. The second-order valence-electron chi connectivity index (χ2n) is 2.03. The molecular weight excluding hydrogens is 88.1 g/mol. The largest absolute Gasteiger partial charge is 0.401 e. The van der Waals surface area contributed by atoms with Crippen LogP contribution >= 0.6 is 0 Å². The van der Waals surface area contributed by atoms with E-state index in [9.17, 15) is 0 Å². The van der Waals surface area contributed by atoms with Gasteiger partial charge in [-0.3, -0.25) is 4.90 Å². The van der Waals surface area contributed by atoms with Gasteiger partial charge >= 0.3 is 0 Å². The van der Waals surface area contributed by atoms with Gasteiger partial charge in [0.2, 0.25) is 0 Å². The van der Waals surface area contributed by atoms with E-state index in [1.807, 2.05) is 7.05 Å². The van der Waals surface area contributed by atoms with Gasteiger partial charge in [-0.2, -0.15) is 0 Å². The van der Waals surface area contributed by atoms with E-state index in [1.165, 1.54) is 0 Å². The van der Waals surface area contributed by atoms with Crippen LogP contribution in [0.3, 0.4) is 0 Å². The second-order valence-corrected chi connectivity index (χ2v) is 2.03. The molecular formula is C5H10N2. The van der Waals surface area contributed by atoms with Crippen LogP contribution in [-0.4, -0.2) is 24.5 Å². The minimum Gasteiger partial charge on any atom is -0.401 e. The van der Waals surface area contributed by atoms with E-state index in [2.05, 4.69) is 11.5 Å². The smallest absolute Gasteiger partial charge is 0.0613 e. The second kappa shape index (κ2) is 1.23. The zero-order chi connectivity index (χ0) is 5.44. The highest BCUT2D eigenvalue weighted by molar-refractivity contribution is 5.10. The first-order valence-corrected chi connectivity index (χ1v) is 2.36. The maximum Gasteiger partial charge on any atom is 0.0613 e. The molecule has 1 aliphatic heterocycles. The van der Waals surface area contributed by atoms with Crippen LogP contribution in [0, 0.1) is 0 Å². The van der Waals surface area contributed by atoms with E-state index in [-0.39, 0.29) is 0 Å². The molecule has 2 atom stereocenters. The maximum atomic E-state index is 5.35. The van der Waals surface area contributed by atoms with Crippen LogP contribution < -0.4 is 5.73 Å². The predicted octanol–water partition coefficient (Wildman–Crippen LogP) is -0.227. The Bertz CT molecular complexity index is 98.3. The number of hydrogen-bond donors (Lipinski definition) is 1. The van der Waals surface area contributed by atoms with Crippen molar-refractivity contribution in [3.63, 3.8) is 0 Å². The molecule has 0 aliphatic carbocycles. The van der Waals surface area contributed by atoms with Gasteiger partial charge in [0, 0.05) is 12.2 Å². The van der Waals surface area contributed by atoms with Crippen LogP contribution in [0.2, 0.25) is 0 Å². The molecule has 1 saturated heterocycles. The normalized spacial score (nSPS) is 37.9. The van der Waals surface area contributed by atoms with Crippen molar-refractivity contribution in [2.24, 2.45) is 5.73 Å². The van der Waals surface area contributed by atoms with Crippen LogP contribution in [0.25, 0.3) is 0 Å². The lowest BCUT2D eigenvalue weighted by Gasteiger charge is -1.90. The number of likely N-dealkylation sites (N-methyl/N-ethyl adjacent to an activating group) is 1. The monoisotopic (exact) mass is 98.1 g/mol. The SMILES string of the molecule is C=C(N)C1CN1C. The quantitative estimate of drug-likeness (QED) is 0.459. The average molecular weight is 98.1 g/mol. The minimum atomic E-state index is 0.486. The van der Waals surface area contributed by atoms with Gasteiger partial charge in [0.15, 0.2) is 0 Å². The lowest BCUT2D eigenvalue weighted by molar-refractivity contribution is 0.646. The van der Waals surface area contributed by atoms with Crippen LogP contribution in [0.15, 0.2) is 12.3 Å². The third-order valence-corrected chi connectivity index (χ3v) is 1.29. The zero-order valence-electron chi connectivity index (χ0n) is 4.52.